The van der Waals surface area contributed by atoms with Crippen molar-refractivity contribution in [3.05, 3.63) is 48.0 Å². The van der Waals surface area contributed by atoms with Crippen molar-refractivity contribution in [2.45, 2.75) is 0 Å². The molecule has 2 aromatic carbocycles. The summed E-state index contributed by atoms with van der Waals surface area (Å²) in [6.07, 6.45) is 0. The molecular formula is C17H18N2O4S. The van der Waals surface area contributed by atoms with Gasteiger partial charge in [0, 0.05) is 11.8 Å². The predicted molar refractivity (Wildman–Crippen MR) is 97.2 cm³/mol. The molecule has 0 aliphatic carbocycles. The molecule has 0 spiro atoms. The maximum atomic E-state index is 11.4. The molecule has 0 bridgehead atoms. The third-order valence-corrected chi connectivity index (χ3v) is 3.42. The van der Waals surface area contributed by atoms with Crippen molar-refractivity contribution in [2.24, 2.45) is 0 Å². The van der Waals surface area contributed by atoms with E-state index >= 15 is 0 Å². The summed E-state index contributed by atoms with van der Waals surface area (Å²) < 4.78 is 15.2. The monoisotopic (exact) mass is 346 g/mol. The standard InChI is InChI=1S/C17H18N2O4S/c1-21-13-8-9-15(22-2)14(10-13)19-17(24)18-12-6-4-11(5-7-12)16(20)23-3/h4-10H,1-3H3,(H2,18,19,24). The summed E-state index contributed by atoms with van der Waals surface area (Å²) >= 11 is 5.30. The van der Waals surface area contributed by atoms with E-state index < -0.39 is 0 Å². The van der Waals surface area contributed by atoms with Crippen LogP contribution in [-0.2, 0) is 4.74 Å². The zero-order valence-electron chi connectivity index (χ0n) is 13.6. The van der Waals surface area contributed by atoms with Crippen LogP contribution in [0.4, 0.5) is 11.4 Å². The summed E-state index contributed by atoms with van der Waals surface area (Å²) in [4.78, 5) is 11.4. The first-order valence-corrected chi connectivity index (χ1v) is 7.46. The van der Waals surface area contributed by atoms with Gasteiger partial charge in [-0.05, 0) is 48.6 Å². The van der Waals surface area contributed by atoms with Crippen molar-refractivity contribution in [3.63, 3.8) is 0 Å². The molecule has 0 unspecified atom stereocenters. The SMILES string of the molecule is COC(=O)c1ccc(NC(=S)Nc2cc(OC)ccc2OC)cc1. The summed E-state index contributed by atoms with van der Waals surface area (Å²) in [5.74, 6) is 0.938. The quantitative estimate of drug-likeness (QED) is 0.636. The first-order chi connectivity index (χ1) is 11.6. The predicted octanol–water partition coefficient (Wildman–Crippen LogP) is 3.30. The fourth-order valence-electron chi connectivity index (χ4n) is 2.00. The number of thiocarbonyl (C=S) groups is 1. The molecule has 126 valence electrons. The van der Waals surface area contributed by atoms with Gasteiger partial charge in [-0.3, -0.25) is 0 Å². The van der Waals surface area contributed by atoms with Gasteiger partial charge in [-0.25, -0.2) is 4.79 Å². The highest BCUT2D eigenvalue weighted by atomic mass is 32.1. The second-order valence-electron chi connectivity index (χ2n) is 4.71. The number of anilines is 2. The van der Waals surface area contributed by atoms with Crippen molar-refractivity contribution in [3.8, 4) is 11.5 Å². The minimum Gasteiger partial charge on any atom is -0.497 e. The maximum absolute atomic E-state index is 11.4. The van der Waals surface area contributed by atoms with Gasteiger partial charge in [-0.2, -0.15) is 0 Å². The van der Waals surface area contributed by atoms with Crippen LogP contribution in [0.15, 0.2) is 42.5 Å². The van der Waals surface area contributed by atoms with Crippen LogP contribution in [0, 0.1) is 0 Å². The van der Waals surface area contributed by atoms with E-state index in [2.05, 4.69) is 15.4 Å². The lowest BCUT2D eigenvalue weighted by molar-refractivity contribution is 0.0601. The molecule has 6 nitrogen and oxygen atoms in total. The number of esters is 1. The van der Waals surface area contributed by atoms with Gasteiger partial charge >= 0.3 is 5.97 Å². The molecule has 0 heterocycles. The van der Waals surface area contributed by atoms with E-state index in [0.717, 1.165) is 5.69 Å². The van der Waals surface area contributed by atoms with Gasteiger partial charge in [0.25, 0.3) is 0 Å². The molecule has 0 fully saturated rings. The fraction of sp³-hybridized carbons (Fsp3) is 0.176. The van der Waals surface area contributed by atoms with Crippen LogP contribution >= 0.6 is 12.2 Å². The van der Waals surface area contributed by atoms with E-state index in [1.807, 2.05) is 0 Å². The lowest BCUT2D eigenvalue weighted by Gasteiger charge is -2.14. The number of hydrogen-bond acceptors (Lipinski definition) is 5. The average molecular weight is 346 g/mol. The summed E-state index contributed by atoms with van der Waals surface area (Å²) in [5.41, 5.74) is 1.89. The Bertz CT molecular complexity index is 732. The molecule has 0 aliphatic rings. The topological polar surface area (TPSA) is 68.8 Å². The van der Waals surface area contributed by atoms with Crippen LogP contribution in [0.1, 0.15) is 10.4 Å². The first kappa shape index (κ1) is 17.6. The Morgan fingerprint density at radius 1 is 0.958 bits per heavy atom. The Labute approximate surface area is 145 Å². The molecule has 0 aromatic heterocycles. The smallest absolute Gasteiger partial charge is 0.337 e. The van der Waals surface area contributed by atoms with Crippen molar-refractivity contribution in [1.29, 1.82) is 0 Å². The minimum absolute atomic E-state index is 0.382. The second-order valence-corrected chi connectivity index (χ2v) is 5.12. The highest BCUT2D eigenvalue weighted by Gasteiger charge is 2.08. The molecule has 0 aliphatic heterocycles. The lowest BCUT2D eigenvalue weighted by atomic mass is 10.2. The van der Waals surface area contributed by atoms with Gasteiger partial charge in [-0.1, -0.05) is 0 Å². The van der Waals surface area contributed by atoms with Gasteiger partial charge in [0.15, 0.2) is 5.11 Å². The number of carbonyl (C=O) groups is 1. The number of rotatable bonds is 5. The lowest BCUT2D eigenvalue weighted by Crippen LogP contribution is -2.19. The number of benzene rings is 2. The van der Waals surface area contributed by atoms with Crippen molar-refractivity contribution in [1.82, 2.24) is 0 Å². The van der Waals surface area contributed by atoms with E-state index in [1.54, 1.807) is 56.7 Å². The highest BCUT2D eigenvalue weighted by molar-refractivity contribution is 7.80. The molecule has 2 aromatic rings. The Hall–Kier alpha value is -2.80. The van der Waals surface area contributed by atoms with Gasteiger partial charge in [-0.15, -0.1) is 0 Å². The van der Waals surface area contributed by atoms with Crippen LogP contribution in [0.25, 0.3) is 0 Å². The van der Waals surface area contributed by atoms with Gasteiger partial charge in [0.05, 0.1) is 32.6 Å². The van der Waals surface area contributed by atoms with E-state index in [1.165, 1.54) is 7.11 Å². The Morgan fingerprint density at radius 3 is 2.25 bits per heavy atom. The van der Waals surface area contributed by atoms with Crippen molar-refractivity contribution < 1.29 is 19.0 Å². The molecule has 0 saturated carbocycles. The second kappa shape index (κ2) is 8.16. The maximum Gasteiger partial charge on any atom is 0.337 e. The molecule has 0 atom stereocenters. The summed E-state index contributed by atoms with van der Waals surface area (Å²) in [6.45, 7) is 0. The fourth-order valence-corrected chi connectivity index (χ4v) is 2.23. The van der Waals surface area contributed by atoms with E-state index in [0.29, 0.717) is 27.9 Å². The molecule has 7 heteroatoms. The molecule has 2 rings (SSSR count). The third-order valence-electron chi connectivity index (χ3n) is 3.22. The van der Waals surface area contributed by atoms with Crippen LogP contribution < -0.4 is 20.1 Å². The Balaban J connectivity index is 2.07. The number of carbonyl (C=O) groups excluding carboxylic acids is 1. The van der Waals surface area contributed by atoms with Gasteiger partial charge < -0.3 is 24.8 Å². The molecule has 0 amide bonds. The Morgan fingerprint density at radius 2 is 1.67 bits per heavy atom. The van der Waals surface area contributed by atoms with Gasteiger partial charge in [0.1, 0.15) is 11.5 Å². The summed E-state index contributed by atoms with van der Waals surface area (Å²) in [6, 6.07) is 12.2. The normalized spacial score (nSPS) is 9.79. The van der Waals surface area contributed by atoms with Crippen molar-refractivity contribution in [2.75, 3.05) is 32.0 Å². The Kier molecular flexibility index (Phi) is 5.97. The van der Waals surface area contributed by atoms with E-state index in [-0.39, 0.29) is 5.97 Å². The molecular weight excluding hydrogens is 328 g/mol. The average Bonchev–Trinajstić information content (AvgIpc) is 2.61. The molecule has 2 N–H and O–H groups in total. The number of hydrogen-bond donors (Lipinski definition) is 2. The highest BCUT2D eigenvalue weighted by Crippen LogP contribution is 2.29. The minimum atomic E-state index is -0.386. The molecule has 0 saturated heterocycles. The van der Waals surface area contributed by atoms with Crippen molar-refractivity contribution >= 4 is 34.7 Å². The number of ether oxygens (including phenoxy) is 3. The third kappa shape index (κ3) is 4.36. The van der Waals surface area contributed by atoms with Crippen LogP contribution in [0.2, 0.25) is 0 Å². The summed E-state index contributed by atoms with van der Waals surface area (Å²) in [5, 5.41) is 6.47. The molecule has 0 radical (unpaired) electrons. The van der Waals surface area contributed by atoms with Crippen LogP contribution in [-0.4, -0.2) is 32.4 Å². The largest absolute Gasteiger partial charge is 0.497 e. The number of nitrogens with one attached hydrogen (secondary N) is 2. The summed E-state index contributed by atoms with van der Waals surface area (Å²) in [7, 11) is 4.51. The van der Waals surface area contributed by atoms with Gasteiger partial charge in [0.2, 0.25) is 0 Å². The first-order valence-electron chi connectivity index (χ1n) is 7.05. The number of methoxy groups -OCH3 is 3. The van der Waals surface area contributed by atoms with Crippen LogP contribution in [0.3, 0.4) is 0 Å². The van der Waals surface area contributed by atoms with E-state index in [4.69, 9.17) is 21.7 Å². The molecule has 24 heavy (non-hydrogen) atoms. The zero-order valence-corrected chi connectivity index (χ0v) is 14.4. The zero-order chi connectivity index (χ0) is 17.5. The van der Waals surface area contributed by atoms with E-state index in [9.17, 15) is 4.79 Å². The van der Waals surface area contributed by atoms with Crippen LogP contribution in [0.5, 0.6) is 11.5 Å².